The van der Waals surface area contributed by atoms with Crippen LogP contribution in [0.2, 0.25) is 0 Å². The number of benzene rings is 2. The Morgan fingerprint density at radius 2 is 1.68 bits per heavy atom. The molecule has 1 saturated heterocycles. The average molecular weight is 317 g/mol. The van der Waals surface area contributed by atoms with Gasteiger partial charge in [-0.3, -0.25) is 4.79 Å². The molecule has 96 valence electrons. The molecule has 2 aromatic carbocycles. The second-order valence-corrected chi connectivity index (χ2v) is 5.90. The van der Waals surface area contributed by atoms with Gasteiger partial charge in [0.25, 0.3) is 0 Å². The van der Waals surface area contributed by atoms with Gasteiger partial charge >= 0.3 is 0 Å². The van der Waals surface area contributed by atoms with E-state index >= 15 is 0 Å². The zero-order chi connectivity index (χ0) is 13.4. The monoisotopic (exact) mass is 316 g/mol. The first-order valence-electron chi connectivity index (χ1n) is 6.36. The second kappa shape index (κ2) is 4.91. The lowest BCUT2D eigenvalue weighted by molar-refractivity contribution is -0.762. The zero-order valence-corrected chi connectivity index (χ0v) is 12.2. The molecule has 2 nitrogen and oxygen atoms in total. The fourth-order valence-corrected chi connectivity index (χ4v) is 2.92. The second-order valence-electron chi connectivity index (χ2n) is 4.98. The lowest BCUT2D eigenvalue weighted by Gasteiger charge is -1.95. The summed E-state index contributed by atoms with van der Waals surface area (Å²) in [7, 11) is 2.08. The third-order valence-electron chi connectivity index (χ3n) is 3.78. The first-order chi connectivity index (χ1) is 9.18. The Morgan fingerprint density at radius 3 is 2.32 bits per heavy atom. The predicted molar refractivity (Wildman–Crippen MR) is 78.3 cm³/mol. The van der Waals surface area contributed by atoms with Crippen LogP contribution >= 0.6 is 15.9 Å². The minimum Gasteiger partial charge on any atom is -0.312 e. The molecule has 1 unspecified atom stereocenters. The largest absolute Gasteiger partial charge is 0.312 e. The maximum atomic E-state index is 12.4. The fraction of sp³-hybridized carbons (Fsp3) is 0.188. The standard InChI is InChI=1S/C16H14BrNO/c1-18-14(11-7-9-13(17)10-8-11)15(18)16(19)12-5-3-2-4-6-12/h2-10,14-15H,1H3/p+1/t14-,15-,18?/m1/s1. The van der Waals surface area contributed by atoms with E-state index in [9.17, 15) is 4.79 Å². The van der Waals surface area contributed by atoms with Crippen molar-refractivity contribution in [3.8, 4) is 0 Å². The molecule has 0 saturated carbocycles. The van der Waals surface area contributed by atoms with E-state index in [0.29, 0.717) is 6.04 Å². The van der Waals surface area contributed by atoms with Gasteiger partial charge in [-0.15, -0.1) is 0 Å². The highest BCUT2D eigenvalue weighted by Crippen LogP contribution is 2.26. The smallest absolute Gasteiger partial charge is 0.226 e. The summed E-state index contributed by atoms with van der Waals surface area (Å²) in [5, 5.41) is 0. The van der Waals surface area contributed by atoms with E-state index in [1.165, 1.54) is 10.5 Å². The average Bonchev–Trinajstić information content (AvgIpc) is 3.11. The number of carbonyl (C=O) groups is 1. The van der Waals surface area contributed by atoms with Crippen molar-refractivity contribution in [3.63, 3.8) is 0 Å². The van der Waals surface area contributed by atoms with E-state index in [0.717, 1.165) is 10.0 Å². The van der Waals surface area contributed by atoms with Gasteiger partial charge in [0.05, 0.1) is 7.05 Å². The molecular formula is C16H15BrNO+. The number of rotatable bonds is 3. The van der Waals surface area contributed by atoms with Crippen LogP contribution in [0.5, 0.6) is 0 Å². The summed E-state index contributed by atoms with van der Waals surface area (Å²) in [5.41, 5.74) is 2.04. The number of hydrogen-bond donors (Lipinski definition) is 1. The lowest BCUT2D eigenvalue weighted by Crippen LogP contribution is -2.91. The molecule has 0 aliphatic carbocycles. The summed E-state index contributed by atoms with van der Waals surface area (Å²) >= 11 is 3.44. The van der Waals surface area contributed by atoms with Crippen molar-refractivity contribution in [1.82, 2.24) is 0 Å². The van der Waals surface area contributed by atoms with E-state index in [1.54, 1.807) is 0 Å². The highest BCUT2D eigenvalue weighted by Gasteiger charge is 2.57. The van der Waals surface area contributed by atoms with Crippen LogP contribution in [0.3, 0.4) is 0 Å². The summed E-state index contributed by atoms with van der Waals surface area (Å²) in [4.78, 5) is 13.7. The Kier molecular flexibility index (Phi) is 3.25. The minimum absolute atomic E-state index is 0.0589. The van der Waals surface area contributed by atoms with Crippen molar-refractivity contribution in [1.29, 1.82) is 0 Å². The maximum Gasteiger partial charge on any atom is 0.226 e. The maximum absolute atomic E-state index is 12.4. The third-order valence-corrected chi connectivity index (χ3v) is 4.30. The van der Waals surface area contributed by atoms with Gasteiger partial charge in [-0.2, -0.15) is 0 Å². The lowest BCUT2D eigenvalue weighted by atomic mass is 10.0. The topological polar surface area (TPSA) is 21.5 Å². The Labute approximate surface area is 121 Å². The molecule has 0 aromatic heterocycles. The van der Waals surface area contributed by atoms with Crippen LogP contribution in [0, 0.1) is 0 Å². The van der Waals surface area contributed by atoms with Crippen LogP contribution in [-0.4, -0.2) is 18.9 Å². The number of halogens is 1. The van der Waals surface area contributed by atoms with E-state index in [2.05, 4.69) is 35.1 Å². The van der Waals surface area contributed by atoms with E-state index in [-0.39, 0.29) is 11.8 Å². The van der Waals surface area contributed by atoms with Crippen LogP contribution in [-0.2, 0) is 0 Å². The molecule has 3 rings (SSSR count). The van der Waals surface area contributed by atoms with Gasteiger partial charge in [0.1, 0.15) is 0 Å². The molecule has 0 spiro atoms. The van der Waals surface area contributed by atoms with E-state index in [1.807, 2.05) is 42.5 Å². The number of nitrogens with one attached hydrogen (secondary N) is 1. The first kappa shape index (κ1) is 12.6. The molecule has 3 heteroatoms. The fourth-order valence-electron chi connectivity index (χ4n) is 2.65. The molecular weight excluding hydrogens is 302 g/mol. The van der Waals surface area contributed by atoms with Crippen molar-refractivity contribution in [2.45, 2.75) is 12.1 Å². The predicted octanol–water partition coefficient (Wildman–Crippen LogP) is 2.27. The minimum atomic E-state index is 0.0589. The first-order valence-corrected chi connectivity index (χ1v) is 7.16. The molecule has 0 amide bonds. The summed E-state index contributed by atoms with van der Waals surface area (Å²) in [6, 6.07) is 18.2. The molecule has 2 aromatic rings. The van der Waals surface area contributed by atoms with Crippen LogP contribution in [0.1, 0.15) is 22.0 Å². The van der Waals surface area contributed by atoms with Gasteiger partial charge in [-0.05, 0) is 12.1 Å². The zero-order valence-electron chi connectivity index (χ0n) is 10.6. The van der Waals surface area contributed by atoms with Crippen LogP contribution < -0.4 is 4.90 Å². The van der Waals surface area contributed by atoms with E-state index < -0.39 is 0 Å². The summed E-state index contributed by atoms with van der Waals surface area (Å²) < 4.78 is 1.07. The van der Waals surface area contributed by atoms with E-state index in [4.69, 9.17) is 0 Å². The van der Waals surface area contributed by atoms with Gasteiger partial charge in [-0.1, -0.05) is 58.4 Å². The van der Waals surface area contributed by atoms with Gasteiger partial charge in [-0.25, -0.2) is 0 Å². The van der Waals surface area contributed by atoms with Crippen molar-refractivity contribution in [3.05, 3.63) is 70.2 Å². The molecule has 19 heavy (non-hydrogen) atoms. The highest BCUT2D eigenvalue weighted by molar-refractivity contribution is 9.10. The molecule has 1 N–H and O–H groups in total. The van der Waals surface area contributed by atoms with Gasteiger partial charge in [0, 0.05) is 15.6 Å². The normalized spacial score (nSPS) is 25.1. The van der Waals surface area contributed by atoms with Crippen LogP contribution in [0.15, 0.2) is 59.1 Å². The number of ketones is 1. The Morgan fingerprint density at radius 1 is 1.05 bits per heavy atom. The molecule has 1 fully saturated rings. The number of quaternary nitrogens is 1. The van der Waals surface area contributed by atoms with Gasteiger partial charge in [0.15, 0.2) is 6.04 Å². The number of hydrogen-bond acceptors (Lipinski definition) is 1. The summed E-state index contributed by atoms with van der Waals surface area (Å²) in [6.07, 6.45) is 0. The number of Topliss-reactive ketones (excluding diaryl/α,β-unsaturated/α-hetero) is 1. The van der Waals surface area contributed by atoms with Crippen molar-refractivity contribution < 1.29 is 9.69 Å². The molecule has 0 radical (unpaired) electrons. The van der Waals surface area contributed by atoms with Crippen molar-refractivity contribution >= 4 is 21.7 Å². The highest BCUT2D eigenvalue weighted by atomic mass is 79.9. The van der Waals surface area contributed by atoms with Crippen LogP contribution in [0.25, 0.3) is 0 Å². The Balaban J connectivity index is 1.81. The molecule has 1 heterocycles. The number of likely N-dealkylation sites (N-methyl/N-ethyl adjacent to an activating group) is 1. The summed E-state index contributed by atoms with van der Waals surface area (Å²) in [6.45, 7) is 0. The van der Waals surface area contributed by atoms with Crippen molar-refractivity contribution in [2.24, 2.45) is 0 Å². The third kappa shape index (κ3) is 2.36. The SMILES string of the molecule is C[NH+]1[C@H](c2ccc(Br)cc2)[C@@H]1C(=O)c1ccccc1. The Bertz CT molecular complexity index is 594. The quantitative estimate of drug-likeness (QED) is 0.681. The van der Waals surface area contributed by atoms with Crippen molar-refractivity contribution in [2.75, 3.05) is 7.05 Å². The van der Waals surface area contributed by atoms with Crippen LogP contribution in [0.4, 0.5) is 0 Å². The molecule has 3 atom stereocenters. The molecule has 1 aliphatic heterocycles. The summed E-state index contributed by atoms with van der Waals surface area (Å²) in [5.74, 6) is 0.242. The molecule has 1 aliphatic rings. The van der Waals surface area contributed by atoms with Gasteiger partial charge in [0.2, 0.25) is 11.8 Å². The van der Waals surface area contributed by atoms with Gasteiger partial charge < -0.3 is 4.90 Å². The molecule has 0 bridgehead atoms. The number of carbonyl (C=O) groups excluding carboxylic acids is 1. The Hall–Kier alpha value is -1.45.